The number of benzene rings is 2. The Morgan fingerprint density at radius 3 is 2.39 bits per heavy atom. The molecule has 0 radical (unpaired) electrons. The van der Waals surface area contributed by atoms with Crippen molar-refractivity contribution in [3.05, 3.63) is 62.0 Å². The molecule has 0 bridgehead atoms. The molecule has 2 rings (SSSR count). The Kier molecular flexibility index (Phi) is 4.43. The zero-order chi connectivity index (χ0) is 13.1. The Bertz CT molecular complexity index is 584. The molecular formula is C13H8Br2ClNO. The average Bonchev–Trinajstić information content (AvgIpc) is 2.34. The quantitative estimate of drug-likeness (QED) is 0.759. The first-order valence-corrected chi connectivity index (χ1v) is 7.04. The number of amides is 1. The fourth-order valence-corrected chi connectivity index (χ4v) is 2.17. The summed E-state index contributed by atoms with van der Waals surface area (Å²) in [5.74, 6) is -0.175. The molecule has 2 aromatic carbocycles. The summed E-state index contributed by atoms with van der Waals surface area (Å²) in [6, 6.07) is 12.4. The summed E-state index contributed by atoms with van der Waals surface area (Å²) in [5.41, 5.74) is 1.24. The van der Waals surface area contributed by atoms with Crippen LogP contribution in [-0.4, -0.2) is 5.91 Å². The highest BCUT2D eigenvalue weighted by Crippen LogP contribution is 2.26. The minimum absolute atomic E-state index is 0.175. The van der Waals surface area contributed by atoms with E-state index in [0.717, 1.165) is 8.95 Å². The molecule has 2 aromatic rings. The van der Waals surface area contributed by atoms with Crippen LogP contribution in [0.3, 0.4) is 0 Å². The molecule has 0 heterocycles. The molecule has 18 heavy (non-hydrogen) atoms. The van der Waals surface area contributed by atoms with Gasteiger partial charge in [0.1, 0.15) is 0 Å². The lowest BCUT2D eigenvalue weighted by atomic mass is 10.2. The number of carbonyl (C=O) groups is 1. The zero-order valence-corrected chi connectivity index (χ0v) is 13.0. The molecule has 0 aliphatic carbocycles. The van der Waals surface area contributed by atoms with Crippen molar-refractivity contribution in [2.75, 3.05) is 5.32 Å². The molecule has 0 spiro atoms. The Labute approximate surface area is 127 Å². The number of hydrogen-bond acceptors (Lipinski definition) is 1. The highest BCUT2D eigenvalue weighted by Gasteiger charge is 2.08. The summed E-state index contributed by atoms with van der Waals surface area (Å²) >= 11 is 12.6. The van der Waals surface area contributed by atoms with Crippen molar-refractivity contribution in [2.24, 2.45) is 0 Å². The lowest BCUT2D eigenvalue weighted by Gasteiger charge is -2.08. The first-order chi connectivity index (χ1) is 8.56. The maximum atomic E-state index is 12.0. The third-order valence-corrected chi connectivity index (χ3v) is 3.74. The minimum Gasteiger partial charge on any atom is -0.321 e. The highest BCUT2D eigenvalue weighted by molar-refractivity contribution is 9.10. The second kappa shape index (κ2) is 5.87. The second-order valence-corrected chi connectivity index (χ2v) is 5.79. The van der Waals surface area contributed by atoms with Gasteiger partial charge in [-0.3, -0.25) is 4.79 Å². The van der Waals surface area contributed by atoms with Crippen LogP contribution in [-0.2, 0) is 0 Å². The van der Waals surface area contributed by atoms with E-state index in [1.807, 2.05) is 12.1 Å². The van der Waals surface area contributed by atoms with Crippen LogP contribution in [0.1, 0.15) is 10.4 Å². The van der Waals surface area contributed by atoms with Crippen LogP contribution >= 0.6 is 43.5 Å². The number of carbonyl (C=O) groups excluding carboxylic acids is 1. The van der Waals surface area contributed by atoms with Crippen LogP contribution in [0.2, 0.25) is 5.02 Å². The second-order valence-electron chi connectivity index (χ2n) is 3.59. The summed E-state index contributed by atoms with van der Waals surface area (Å²) in [4.78, 5) is 12.0. The molecule has 92 valence electrons. The molecule has 0 atom stereocenters. The van der Waals surface area contributed by atoms with Crippen molar-refractivity contribution < 1.29 is 4.79 Å². The molecule has 5 heteroatoms. The van der Waals surface area contributed by atoms with Crippen LogP contribution in [0.25, 0.3) is 0 Å². The van der Waals surface area contributed by atoms with E-state index in [1.165, 1.54) is 0 Å². The van der Waals surface area contributed by atoms with Crippen LogP contribution < -0.4 is 5.32 Å². The monoisotopic (exact) mass is 387 g/mol. The molecule has 0 aromatic heterocycles. The summed E-state index contributed by atoms with van der Waals surface area (Å²) in [6.45, 7) is 0. The van der Waals surface area contributed by atoms with E-state index in [4.69, 9.17) is 11.6 Å². The number of nitrogens with one attached hydrogen (secondary N) is 1. The van der Waals surface area contributed by atoms with Crippen molar-refractivity contribution in [1.29, 1.82) is 0 Å². The molecule has 0 aliphatic heterocycles. The van der Waals surface area contributed by atoms with Crippen molar-refractivity contribution in [3.8, 4) is 0 Å². The Hall–Kier alpha value is -0.840. The highest BCUT2D eigenvalue weighted by atomic mass is 79.9. The van der Waals surface area contributed by atoms with Crippen LogP contribution in [0.5, 0.6) is 0 Å². The van der Waals surface area contributed by atoms with Gasteiger partial charge in [0.2, 0.25) is 0 Å². The molecule has 0 aliphatic rings. The Morgan fingerprint density at radius 2 is 1.72 bits per heavy atom. The average molecular weight is 389 g/mol. The first-order valence-electron chi connectivity index (χ1n) is 5.08. The minimum atomic E-state index is -0.175. The van der Waals surface area contributed by atoms with Gasteiger partial charge in [0.05, 0.1) is 5.69 Å². The molecule has 2 nitrogen and oxygen atoms in total. The van der Waals surface area contributed by atoms with E-state index < -0.39 is 0 Å². The molecule has 0 saturated carbocycles. The van der Waals surface area contributed by atoms with E-state index in [-0.39, 0.29) is 5.91 Å². The van der Waals surface area contributed by atoms with E-state index in [9.17, 15) is 4.79 Å². The molecule has 1 N–H and O–H groups in total. The van der Waals surface area contributed by atoms with Gasteiger partial charge in [0.25, 0.3) is 5.91 Å². The van der Waals surface area contributed by atoms with Gasteiger partial charge < -0.3 is 5.32 Å². The topological polar surface area (TPSA) is 29.1 Å². The normalized spacial score (nSPS) is 10.2. The SMILES string of the molecule is O=C(Nc1cc(Cl)ccc1Br)c1ccc(Br)cc1. The Morgan fingerprint density at radius 1 is 1.06 bits per heavy atom. The van der Waals surface area contributed by atoms with Crippen molar-refractivity contribution in [3.63, 3.8) is 0 Å². The van der Waals surface area contributed by atoms with Crippen LogP contribution in [0.15, 0.2) is 51.4 Å². The fraction of sp³-hybridized carbons (Fsp3) is 0. The van der Waals surface area contributed by atoms with Gasteiger partial charge in [-0.2, -0.15) is 0 Å². The van der Waals surface area contributed by atoms with E-state index in [1.54, 1.807) is 30.3 Å². The summed E-state index contributed by atoms with van der Waals surface area (Å²) in [7, 11) is 0. The van der Waals surface area contributed by atoms with Crippen molar-refractivity contribution in [2.45, 2.75) is 0 Å². The lowest BCUT2D eigenvalue weighted by molar-refractivity contribution is 0.102. The number of hydrogen-bond donors (Lipinski definition) is 1. The predicted octanol–water partition coefficient (Wildman–Crippen LogP) is 5.12. The van der Waals surface area contributed by atoms with Crippen LogP contribution in [0.4, 0.5) is 5.69 Å². The largest absolute Gasteiger partial charge is 0.321 e. The number of rotatable bonds is 2. The maximum Gasteiger partial charge on any atom is 0.255 e. The summed E-state index contributed by atoms with van der Waals surface area (Å²) < 4.78 is 1.72. The van der Waals surface area contributed by atoms with Gasteiger partial charge in [-0.25, -0.2) is 0 Å². The number of halogens is 3. The maximum absolute atomic E-state index is 12.0. The molecule has 0 fully saturated rings. The van der Waals surface area contributed by atoms with Gasteiger partial charge in [-0.05, 0) is 58.4 Å². The molecule has 0 unspecified atom stereocenters. The van der Waals surface area contributed by atoms with E-state index in [2.05, 4.69) is 37.2 Å². The predicted molar refractivity (Wildman–Crippen MR) is 81.2 cm³/mol. The summed E-state index contributed by atoms with van der Waals surface area (Å²) in [6.07, 6.45) is 0. The van der Waals surface area contributed by atoms with Crippen molar-refractivity contribution in [1.82, 2.24) is 0 Å². The standard InChI is InChI=1S/C13H8Br2ClNO/c14-9-3-1-8(2-4-9)13(18)17-12-7-10(16)5-6-11(12)15/h1-7H,(H,17,18). The van der Waals surface area contributed by atoms with E-state index in [0.29, 0.717) is 16.3 Å². The van der Waals surface area contributed by atoms with Gasteiger partial charge in [0, 0.05) is 19.5 Å². The smallest absolute Gasteiger partial charge is 0.255 e. The fourth-order valence-electron chi connectivity index (χ4n) is 1.39. The van der Waals surface area contributed by atoms with Crippen LogP contribution in [0, 0.1) is 0 Å². The molecular weight excluding hydrogens is 381 g/mol. The van der Waals surface area contributed by atoms with Gasteiger partial charge in [0.15, 0.2) is 0 Å². The van der Waals surface area contributed by atoms with Gasteiger partial charge in [-0.15, -0.1) is 0 Å². The third kappa shape index (κ3) is 3.34. The first kappa shape index (κ1) is 13.6. The summed E-state index contributed by atoms with van der Waals surface area (Å²) in [5, 5.41) is 3.37. The van der Waals surface area contributed by atoms with Gasteiger partial charge >= 0.3 is 0 Å². The third-order valence-electron chi connectivity index (χ3n) is 2.28. The zero-order valence-electron chi connectivity index (χ0n) is 9.08. The van der Waals surface area contributed by atoms with E-state index >= 15 is 0 Å². The van der Waals surface area contributed by atoms with Gasteiger partial charge in [-0.1, -0.05) is 27.5 Å². The Balaban J connectivity index is 2.21. The van der Waals surface area contributed by atoms with Crippen molar-refractivity contribution >= 4 is 55.1 Å². The molecule has 0 saturated heterocycles. The molecule has 1 amide bonds. The lowest BCUT2D eigenvalue weighted by Crippen LogP contribution is -2.12. The number of anilines is 1.